The van der Waals surface area contributed by atoms with Crippen LogP contribution in [0.15, 0.2) is 0 Å². The van der Waals surface area contributed by atoms with E-state index in [2.05, 4.69) is 48.5 Å². The first-order chi connectivity index (χ1) is 29.0. The Morgan fingerprint density at radius 2 is 1.29 bits per heavy atom. The largest absolute Gasteiger partial charge is 0.455 e. The van der Waals surface area contributed by atoms with Crippen LogP contribution in [0.5, 0.6) is 0 Å². The first kappa shape index (κ1) is 44.7. The van der Waals surface area contributed by atoms with Gasteiger partial charge in [0, 0.05) is 11.3 Å². The summed E-state index contributed by atoms with van der Waals surface area (Å²) in [4.78, 5) is 14.2. The number of hydrogen-bond acceptors (Lipinski definition) is 16. The Morgan fingerprint density at radius 1 is 0.629 bits per heavy atom. The fourth-order valence-electron chi connectivity index (χ4n) is 16.0. The summed E-state index contributed by atoms with van der Waals surface area (Å²) in [6, 6.07) is 0. The molecule has 16 heteroatoms. The first-order valence-electron chi connectivity index (χ1n) is 23.5. The summed E-state index contributed by atoms with van der Waals surface area (Å²) >= 11 is 0. The Morgan fingerprint density at radius 3 is 2.02 bits per heavy atom. The molecule has 62 heavy (non-hydrogen) atoms. The third kappa shape index (κ3) is 5.91. The number of ether oxygens (including phenoxy) is 8. The molecule has 0 aromatic carbocycles. The van der Waals surface area contributed by atoms with Crippen LogP contribution < -0.4 is 0 Å². The highest BCUT2D eigenvalue weighted by Crippen LogP contribution is 2.83. The molecule has 1 spiro atoms. The van der Waals surface area contributed by atoms with E-state index in [1.807, 2.05) is 0 Å². The molecule has 24 atom stereocenters. The van der Waals surface area contributed by atoms with E-state index in [9.17, 15) is 40.5 Å². The van der Waals surface area contributed by atoms with Crippen LogP contribution in [0.4, 0.5) is 0 Å². The SMILES string of the molecule is C[C@@H]1O[C@@H](O[C@H]2[C@H](O[C@H]3CC[C@]4(C)[C@H]5[C@@H]6O[C@@H]6[C@]67OC(=O)[C@@]8(CCC(C)(C)C[C@H]86)CC[C@@]7(C)[C@]5(C)CC[C@H]4C3(C)C)OC[C@@H](O)[C@@H]2O)[C@H](O)[C@H](O[C@@H]2OC[C@@H](O)[C@H](O)[C@H]2O)[C@H]1O. The van der Waals surface area contributed by atoms with E-state index < -0.39 is 96.3 Å². The minimum Gasteiger partial charge on any atom is -0.455 e. The highest BCUT2D eigenvalue weighted by atomic mass is 16.8. The van der Waals surface area contributed by atoms with Crippen molar-refractivity contribution in [2.75, 3.05) is 13.2 Å². The fourth-order valence-corrected chi connectivity index (χ4v) is 16.0. The van der Waals surface area contributed by atoms with E-state index >= 15 is 0 Å². The molecule has 5 saturated heterocycles. The predicted molar refractivity (Wildman–Crippen MR) is 214 cm³/mol. The quantitative estimate of drug-likeness (QED) is 0.114. The lowest BCUT2D eigenvalue weighted by Crippen LogP contribution is -2.75. The van der Waals surface area contributed by atoms with Crippen LogP contribution in [0.1, 0.15) is 113 Å². The number of hydrogen-bond donors (Lipinski definition) is 7. The molecule has 10 rings (SSSR count). The maximum atomic E-state index is 14.2. The Hall–Kier alpha value is -1.09. The molecule has 0 amide bonds. The highest BCUT2D eigenvalue weighted by molar-refractivity contribution is 5.82. The Balaban J connectivity index is 0.879. The first-order valence-corrected chi connectivity index (χ1v) is 23.5. The molecule has 10 fully saturated rings. The molecule has 352 valence electrons. The van der Waals surface area contributed by atoms with E-state index in [0.29, 0.717) is 6.42 Å². The average molecular weight is 881 g/mol. The van der Waals surface area contributed by atoms with E-state index in [1.165, 1.54) is 6.92 Å². The number of carbonyl (C=O) groups excluding carboxylic acids is 1. The maximum absolute atomic E-state index is 14.2. The standard InChI is InChI=1S/C46H72O16/c1-20-26(49)31(60-36-29(52)27(50)21(47)18-55-36)30(53)37(57-20)61-32-28(51)22(48)19-56-38(32)58-25-10-11-42(6)23(41(25,4)5)9-12-43(7)34(42)33-35(59-33)46-24-17-40(2,3)13-15-45(24,39(54)62-46)16-14-44(43,46)8/h20-38,47-53H,9-19H2,1-8H3/t20-,21+,22+,23-,24+,25-,26-,27-,28-,29+,30+,31+,32+,33-,34+,35-,36-,37-,38-,42-,43+,44-,45-,46+/m0/s1. The number of epoxide rings is 1. The molecule has 0 aromatic heterocycles. The van der Waals surface area contributed by atoms with Crippen molar-refractivity contribution in [2.24, 2.45) is 50.2 Å². The Bertz CT molecular complexity index is 1760. The molecule has 5 saturated carbocycles. The van der Waals surface area contributed by atoms with Crippen molar-refractivity contribution >= 4 is 5.97 Å². The van der Waals surface area contributed by atoms with Gasteiger partial charge in [-0.1, -0.05) is 48.5 Å². The second-order valence-corrected chi connectivity index (χ2v) is 23.5. The molecular formula is C46H72O16. The summed E-state index contributed by atoms with van der Waals surface area (Å²) in [6.45, 7) is 17.5. The normalized spacial score (nSPS) is 59.7. The smallest absolute Gasteiger partial charge is 0.313 e. The lowest BCUT2D eigenvalue weighted by atomic mass is 9.31. The predicted octanol–water partition coefficient (Wildman–Crippen LogP) is 1.67. The number of fused-ring (bicyclic) bond motifs is 6. The molecule has 10 aliphatic rings. The van der Waals surface area contributed by atoms with Crippen LogP contribution in [-0.4, -0.2) is 159 Å². The van der Waals surface area contributed by atoms with Gasteiger partial charge in [-0.15, -0.1) is 0 Å². The van der Waals surface area contributed by atoms with Crippen molar-refractivity contribution in [3.63, 3.8) is 0 Å². The van der Waals surface area contributed by atoms with Gasteiger partial charge in [0.2, 0.25) is 0 Å². The number of carbonyl (C=O) groups is 1. The third-order valence-corrected chi connectivity index (χ3v) is 19.7. The van der Waals surface area contributed by atoms with Gasteiger partial charge in [-0.3, -0.25) is 4.79 Å². The lowest BCUT2D eigenvalue weighted by molar-refractivity contribution is -0.378. The summed E-state index contributed by atoms with van der Waals surface area (Å²) < 4.78 is 50.2. The zero-order valence-electron chi connectivity index (χ0n) is 37.6. The highest BCUT2D eigenvalue weighted by Gasteiger charge is 2.89. The molecule has 0 radical (unpaired) electrons. The zero-order valence-corrected chi connectivity index (χ0v) is 37.6. The second-order valence-electron chi connectivity index (χ2n) is 23.5. The average Bonchev–Trinajstić information content (AvgIpc) is 3.97. The van der Waals surface area contributed by atoms with Gasteiger partial charge in [0.05, 0.1) is 36.9 Å². The molecule has 16 nitrogen and oxygen atoms in total. The van der Waals surface area contributed by atoms with Gasteiger partial charge in [-0.25, -0.2) is 0 Å². The number of aliphatic hydroxyl groups is 7. The third-order valence-electron chi connectivity index (χ3n) is 19.7. The summed E-state index contributed by atoms with van der Waals surface area (Å²) in [6.07, 6.45) is -10.8. The molecule has 0 aromatic rings. The zero-order chi connectivity index (χ0) is 44.5. The number of esters is 1. The van der Waals surface area contributed by atoms with Crippen LogP contribution in [0, 0.1) is 50.2 Å². The van der Waals surface area contributed by atoms with Crippen LogP contribution in [0.25, 0.3) is 0 Å². The van der Waals surface area contributed by atoms with Gasteiger partial charge < -0.3 is 73.6 Å². The summed E-state index contributed by atoms with van der Waals surface area (Å²) in [7, 11) is 0. The van der Waals surface area contributed by atoms with Crippen molar-refractivity contribution in [2.45, 2.75) is 217 Å². The van der Waals surface area contributed by atoms with Crippen LogP contribution in [0.3, 0.4) is 0 Å². The molecule has 5 aliphatic heterocycles. The van der Waals surface area contributed by atoms with Gasteiger partial charge in [0.1, 0.15) is 61.0 Å². The van der Waals surface area contributed by atoms with E-state index in [1.54, 1.807) is 0 Å². The summed E-state index contributed by atoms with van der Waals surface area (Å²) in [5.74, 6) is 0.624. The number of aliphatic hydroxyl groups excluding tert-OH is 7. The molecule has 0 unspecified atom stereocenters. The van der Waals surface area contributed by atoms with Crippen molar-refractivity contribution in [3.05, 3.63) is 0 Å². The van der Waals surface area contributed by atoms with Gasteiger partial charge in [0.15, 0.2) is 24.5 Å². The lowest BCUT2D eigenvalue weighted by Gasteiger charge is -2.72. The summed E-state index contributed by atoms with van der Waals surface area (Å²) in [5.41, 5.74) is -1.81. The van der Waals surface area contributed by atoms with E-state index in [-0.39, 0.29) is 76.9 Å². The van der Waals surface area contributed by atoms with Crippen molar-refractivity contribution in [1.29, 1.82) is 0 Å². The Kier molecular flexibility index (Phi) is 10.4. The van der Waals surface area contributed by atoms with E-state index in [4.69, 9.17) is 37.9 Å². The van der Waals surface area contributed by atoms with Gasteiger partial charge in [-0.05, 0) is 98.2 Å². The van der Waals surface area contributed by atoms with Crippen molar-refractivity contribution in [1.82, 2.24) is 0 Å². The van der Waals surface area contributed by atoms with Crippen molar-refractivity contribution < 1.29 is 78.4 Å². The molecule has 7 N–H and O–H groups in total. The molecule has 5 heterocycles. The molecule has 5 aliphatic carbocycles. The topological polar surface area (TPSA) is 236 Å². The minimum atomic E-state index is -1.70. The van der Waals surface area contributed by atoms with Crippen molar-refractivity contribution in [3.8, 4) is 0 Å². The van der Waals surface area contributed by atoms with Gasteiger partial charge in [0.25, 0.3) is 0 Å². The molecular weight excluding hydrogens is 808 g/mol. The van der Waals surface area contributed by atoms with Gasteiger partial charge in [-0.2, -0.15) is 0 Å². The fraction of sp³-hybridized carbons (Fsp3) is 0.978. The van der Waals surface area contributed by atoms with E-state index in [0.717, 1.165) is 51.4 Å². The monoisotopic (exact) mass is 880 g/mol. The maximum Gasteiger partial charge on any atom is 0.313 e. The van der Waals surface area contributed by atoms with Crippen LogP contribution in [0.2, 0.25) is 0 Å². The van der Waals surface area contributed by atoms with Crippen LogP contribution in [-0.2, 0) is 42.7 Å². The number of rotatable bonds is 6. The second kappa shape index (κ2) is 14.5. The van der Waals surface area contributed by atoms with Crippen LogP contribution >= 0.6 is 0 Å². The molecule has 2 bridgehead atoms. The summed E-state index contributed by atoms with van der Waals surface area (Å²) in [5, 5.41) is 75.3. The van der Waals surface area contributed by atoms with Gasteiger partial charge >= 0.3 is 5.97 Å². The minimum absolute atomic E-state index is 0.00258. The Labute approximate surface area is 364 Å².